The van der Waals surface area contributed by atoms with Gasteiger partial charge in [-0.25, -0.2) is 8.42 Å². The molecule has 34 heavy (non-hydrogen) atoms. The zero-order valence-corrected chi connectivity index (χ0v) is 21.5. The highest BCUT2D eigenvalue weighted by Crippen LogP contribution is 2.26. The second-order valence-corrected chi connectivity index (χ2v) is 11.2. The molecule has 3 aromatic carbocycles. The second kappa shape index (κ2) is 10.6. The number of halogens is 1. The van der Waals surface area contributed by atoms with Crippen LogP contribution in [0.5, 0.6) is 0 Å². The van der Waals surface area contributed by atoms with Crippen molar-refractivity contribution in [2.24, 2.45) is 0 Å². The molecule has 6 nitrogen and oxygen atoms in total. The smallest absolute Gasteiger partial charge is 0.264 e. The summed E-state index contributed by atoms with van der Waals surface area (Å²) in [5.41, 5.74) is 3.54. The summed E-state index contributed by atoms with van der Waals surface area (Å²) in [4.78, 5) is 15.3. The second-order valence-electron chi connectivity index (χ2n) is 8.44. The van der Waals surface area contributed by atoms with Crippen molar-refractivity contribution in [2.45, 2.75) is 31.2 Å². The molecule has 1 N–H and O–H groups in total. The maximum atomic E-state index is 13.4. The number of benzene rings is 3. The lowest BCUT2D eigenvalue weighted by Crippen LogP contribution is -2.40. The van der Waals surface area contributed by atoms with Crippen molar-refractivity contribution in [1.29, 1.82) is 0 Å². The van der Waals surface area contributed by atoms with Crippen molar-refractivity contribution >= 4 is 43.2 Å². The van der Waals surface area contributed by atoms with E-state index in [1.807, 2.05) is 19.1 Å². The number of rotatable bonds is 8. The fraction of sp³-hybridized carbons (Fsp3) is 0.269. The fourth-order valence-electron chi connectivity index (χ4n) is 3.95. The molecular formula is C26H28BrN3O3S. The molecule has 0 saturated carbocycles. The van der Waals surface area contributed by atoms with Gasteiger partial charge in [-0.1, -0.05) is 45.8 Å². The Hall–Kier alpha value is -2.84. The number of hydrogen-bond acceptors (Lipinski definition) is 4. The molecule has 3 aromatic rings. The van der Waals surface area contributed by atoms with E-state index in [9.17, 15) is 13.2 Å². The van der Waals surface area contributed by atoms with Gasteiger partial charge in [0.05, 0.1) is 10.6 Å². The van der Waals surface area contributed by atoms with E-state index < -0.39 is 10.0 Å². The van der Waals surface area contributed by atoms with Crippen molar-refractivity contribution in [2.75, 3.05) is 28.8 Å². The summed E-state index contributed by atoms with van der Waals surface area (Å²) in [5, 5.41) is 2.86. The number of hydrogen-bond donors (Lipinski definition) is 1. The molecule has 178 valence electrons. The first kappa shape index (κ1) is 24.3. The fourth-order valence-corrected chi connectivity index (χ4v) is 5.63. The lowest BCUT2D eigenvalue weighted by atomic mass is 10.2. The van der Waals surface area contributed by atoms with Crippen LogP contribution in [-0.4, -0.2) is 34.0 Å². The molecule has 0 aromatic heterocycles. The number of anilines is 2. The van der Waals surface area contributed by atoms with Crippen LogP contribution < -0.4 is 14.5 Å². The van der Waals surface area contributed by atoms with Gasteiger partial charge in [0.1, 0.15) is 6.54 Å². The lowest BCUT2D eigenvalue weighted by Gasteiger charge is -2.24. The van der Waals surface area contributed by atoms with Crippen LogP contribution in [0.1, 0.15) is 24.0 Å². The van der Waals surface area contributed by atoms with E-state index in [2.05, 4.69) is 38.3 Å². The molecule has 1 heterocycles. The Morgan fingerprint density at radius 1 is 0.941 bits per heavy atom. The first-order chi connectivity index (χ1) is 16.3. The van der Waals surface area contributed by atoms with Gasteiger partial charge in [0.2, 0.25) is 5.91 Å². The molecule has 1 saturated heterocycles. The third-order valence-corrected chi connectivity index (χ3v) is 8.22. The Kier molecular flexibility index (Phi) is 7.58. The summed E-state index contributed by atoms with van der Waals surface area (Å²) < 4.78 is 28.8. The first-order valence-electron chi connectivity index (χ1n) is 11.3. The Balaban J connectivity index is 1.48. The molecule has 1 aliphatic heterocycles. The number of aryl methyl sites for hydroxylation is 1. The molecule has 0 bridgehead atoms. The van der Waals surface area contributed by atoms with E-state index in [-0.39, 0.29) is 17.3 Å². The zero-order chi connectivity index (χ0) is 24.1. The topological polar surface area (TPSA) is 69.7 Å². The van der Waals surface area contributed by atoms with E-state index in [4.69, 9.17) is 0 Å². The normalized spacial score (nSPS) is 13.6. The van der Waals surface area contributed by atoms with Crippen molar-refractivity contribution in [1.82, 2.24) is 5.32 Å². The summed E-state index contributed by atoms with van der Waals surface area (Å²) in [6.45, 7) is 4.07. The van der Waals surface area contributed by atoms with Crippen molar-refractivity contribution in [3.05, 3.63) is 88.4 Å². The highest BCUT2D eigenvalue weighted by Gasteiger charge is 2.27. The third-order valence-electron chi connectivity index (χ3n) is 5.91. The van der Waals surface area contributed by atoms with Gasteiger partial charge in [0, 0.05) is 29.8 Å². The van der Waals surface area contributed by atoms with Crippen LogP contribution in [0.15, 0.2) is 82.2 Å². The van der Waals surface area contributed by atoms with Gasteiger partial charge in [-0.2, -0.15) is 0 Å². The summed E-state index contributed by atoms with van der Waals surface area (Å²) in [6.07, 6.45) is 2.44. The highest BCUT2D eigenvalue weighted by molar-refractivity contribution is 9.10. The van der Waals surface area contributed by atoms with E-state index in [0.717, 1.165) is 33.0 Å². The Labute approximate surface area is 209 Å². The SMILES string of the molecule is Cc1ccc(S(=O)(=O)N(CC(=O)NCc2ccc(N3CCCC3)cc2)c2ccc(Br)cc2)cc1. The molecule has 0 atom stereocenters. The summed E-state index contributed by atoms with van der Waals surface area (Å²) >= 11 is 3.38. The van der Waals surface area contributed by atoms with Crippen LogP contribution in [0.25, 0.3) is 0 Å². The summed E-state index contributed by atoms with van der Waals surface area (Å²) in [7, 11) is -3.93. The predicted molar refractivity (Wildman–Crippen MR) is 140 cm³/mol. The Morgan fingerprint density at radius 2 is 1.56 bits per heavy atom. The van der Waals surface area contributed by atoms with Crippen molar-refractivity contribution < 1.29 is 13.2 Å². The molecule has 1 amide bonds. The van der Waals surface area contributed by atoms with E-state index in [1.165, 1.54) is 18.5 Å². The molecule has 1 aliphatic rings. The van der Waals surface area contributed by atoms with Gasteiger partial charge in [-0.15, -0.1) is 0 Å². The largest absolute Gasteiger partial charge is 0.372 e. The number of nitrogens with one attached hydrogen (secondary N) is 1. The molecule has 0 aliphatic carbocycles. The van der Waals surface area contributed by atoms with Gasteiger partial charge in [-0.05, 0) is 73.9 Å². The molecule has 8 heteroatoms. The highest BCUT2D eigenvalue weighted by atomic mass is 79.9. The minimum Gasteiger partial charge on any atom is -0.372 e. The van der Waals surface area contributed by atoms with Crippen LogP contribution in [0, 0.1) is 6.92 Å². The van der Waals surface area contributed by atoms with E-state index >= 15 is 0 Å². The van der Waals surface area contributed by atoms with Gasteiger partial charge in [-0.3, -0.25) is 9.10 Å². The number of carbonyl (C=O) groups is 1. The molecule has 1 fully saturated rings. The van der Waals surface area contributed by atoms with Gasteiger partial charge < -0.3 is 10.2 Å². The number of carbonyl (C=O) groups excluding carboxylic acids is 1. The van der Waals surface area contributed by atoms with Crippen LogP contribution in [-0.2, 0) is 21.4 Å². The number of amides is 1. The van der Waals surface area contributed by atoms with Crippen molar-refractivity contribution in [3.63, 3.8) is 0 Å². The summed E-state index contributed by atoms with van der Waals surface area (Å²) in [6, 6.07) is 21.7. The monoisotopic (exact) mass is 541 g/mol. The van der Waals surface area contributed by atoms with E-state index in [0.29, 0.717) is 12.2 Å². The van der Waals surface area contributed by atoms with Crippen LogP contribution in [0.2, 0.25) is 0 Å². The van der Waals surface area contributed by atoms with Crippen molar-refractivity contribution in [3.8, 4) is 0 Å². The minimum absolute atomic E-state index is 0.145. The van der Waals surface area contributed by atoms with Gasteiger partial charge >= 0.3 is 0 Å². The lowest BCUT2D eigenvalue weighted by molar-refractivity contribution is -0.119. The minimum atomic E-state index is -3.93. The van der Waals surface area contributed by atoms with Gasteiger partial charge in [0.25, 0.3) is 10.0 Å². The third kappa shape index (κ3) is 5.80. The molecule has 0 radical (unpaired) electrons. The molecule has 0 unspecified atom stereocenters. The average Bonchev–Trinajstić information content (AvgIpc) is 3.37. The standard InChI is InChI=1S/C26H28BrN3O3S/c1-20-4-14-25(15-5-20)34(32,33)30(24-12-8-22(27)9-13-24)19-26(31)28-18-21-6-10-23(11-7-21)29-16-2-3-17-29/h4-15H,2-3,16-19H2,1H3,(H,28,31). The van der Waals surface area contributed by atoms with Gasteiger partial charge in [0.15, 0.2) is 0 Å². The van der Waals surface area contributed by atoms with Crippen LogP contribution >= 0.6 is 15.9 Å². The summed E-state index contributed by atoms with van der Waals surface area (Å²) in [5.74, 6) is -0.373. The number of nitrogens with zero attached hydrogens (tertiary/aromatic N) is 2. The maximum absolute atomic E-state index is 13.4. The first-order valence-corrected chi connectivity index (χ1v) is 13.5. The maximum Gasteiger partial charge on any atom is 0.264 e. The quantitative estimate of drug-likeness (QED) is 0.441. The molecular weight excluding hydrogens is 514 g/mol. The molecule has 4 rings (SSSR count). The predicted octanol–water partition coefficient (Wildman–Crippen LogP) is 4.87. The molecule has 0 spiro atoms. The van der Waals surface area contributed by atoms with Crippen LogP contribution in [0.3, 0.4) is 0 Å². The average molecular weight is 542 g/mol. The van der Waals surface area contributed by atoms with Crippen LogP contribution in [0.4, 0.5) is 11.4 Å². The Morgan fingerprint density at radius 3 is 2.18 bits per heavy atom. The van der Waals surface area contributed by atoms with E-state index in [1.54, 1.807) is 48.5 Å². The number of sulfonamides is 1. The Bertz CT molecular complexity index is 1220. The zero-order valence-electron chi connectivity index (χ0n) is 19.1.